The number of nitrogens with zero attached hydrogens (tertiary/aromatic N) is 3. The molecule has 3 aromatic rings. The lowest BCUT2D eigenvalue weighted by Crippen LogP contribution is -2.00. The standard InChI is InChI=1S/C15H13BrN4S2/c16-9-5-10(21-7-9)6-19-20-14-13-11-3-1-2-4-12(11)22-15(13)18-8-17-14/h5-8H,1-4H2,(H,17,18,20)/b19-6-. The van der Waals surface area contributed by atoms with Crippen molar-refractivity contribution in [2.45, 2.75) is 25.7 Å². The number of aryl methyl sites for hydroxylation is 2. The molecule has 0 aromatic carbocycles. The summed E-state index contributed by atoms with van der Waals surface area (Å²) in [5, 5.41) is 7.53. The van der Waals surface area contributed by atoms with E-state index in [-0.39, 0.29) is 0 Å². The second-order valence-corrected chi connectivity index (χ2v) is 8.09. The number of nitrogens with one attached hydrogen (secondary N) is 1. The van der Waals surface area contributed by atoms with Gasteiger partial charge in [0, 0.05) is 19.6 Å². The summed E-state index contributed by atoms with van der Waals surface area (Å²) in [4.78, 5) is 12.4. The van der Waals surface area contributed by atoms with E-state index < -0.39 is 0 Å². The lowest BCUT2D eigenvalue weighted by atomic mass is 9.97. The smallest absolute Gasteiger partial charge is 0.158 e. The number of rotatable bonds is 3. The van der Waals surface area contributed by atoms with Crippen molar-refractivity contribution in [1.82, 2.24) is 9.97 Å². The number of hydrogen-bond acceptors (Lipinski definition) is 6. The molecule has 0 saturated heterocycles. The predicted octanol–water partition coefficient (Wildman–Crippen LogP) is 4.84. The maximum absolute atomic E-state index is 4.43. The highest BCUT2D eigenvalue weighted by Crippen LogP contribution is 2.38. The van der Waals surface area contributed by atoms with E-state index in [0.717, 1.165) is 31.8 Å². The summed E-state index contributed by atoms with van der Waals surface area (Å²) >= 11 is 6.89. The van der Waals surface area contributed by atoms with Gasteiger partial charge < -0.3 is 0 Å². The van der Waals surface area contributed by atoms with Crippen LogP contribution in [0.4, 0.5) is 5.82 Å². The average Bonchev–Trinajstić information content (AvgIpc) is 3.11. The van der Waals surface area contributed by atoms with Gasteiger partial charge in [0.2, 0.25) is 0 Å². The fourth-order valence-electron chi connectivity index (χ4n) is 2.73. The molecule has 4 rings (SSSR count). The summed E-state index contributed by atoms with van der Waals surface area (Å²) in [5.41, 5.74) is 4.52. The van der Waals surface area contributed by atoms with Crippen LogP contribution in [0.3, 0.4) is 0 Å². The first kappa shape index (κ1) is 14.3. The van der Waals surface area contributed by atoms with Gasteiger partial charge in [0.25, 0.3) is 0 Å². The van der Waals surface area contributed by atoms with Gasteiger partial charge in [0.1, 0.15) is 11.2 Å². The van der Waals surface area contributed by atoms with E-state index in [4.69, 9.17) is 0 Å². The highest BCUT2D eigenvalue weighted by molar-refractivity contribution is 9.10. The fraction of sp³-hybridized carbons (Fsp3) is 0.267. The molecule has 0 atom stereocenters. The molecule has 0 fully saturated rings. The molecule has 0 radical (unpaired) electrons. The monoisotopic (exact) mass is 392 g/mol. The lowest BCUT2D eigenvalue weighted by Gasteiger charge is -2.11. The molecule has 22 heavy (non-hydrogen) atoms. The Balaban J connectivity index is 1.66. The number of hydrazone groups is 1. The Labute approximate surface area is 144 Å². The van der Waals surface area contributed by atoms with Crippen LogP contribution in [0.5, 0.6) is 0 Å². The molecule has 1 N–H and O–H groups in total. The average molecular weight is 393 g/mol. The van der Waals surface area contributed by atoms with Crippen molar-refractivity contribution in [1.29, 1.82) is 0 Å². The first-order chi connectivity index (χ1) is 10.8. The third kappa shape index (κ3) is 2.68. The number of aromatic nitrogens is 2. The number of hydrogen-bond donors (Lipinski definition) is 1. The van der Waals surface area contributed by atoms with Crippen LogP contribution in [0.25, 0.3) is 10.2 Å². The van der Waals surface area contributed by atoms with Gasteiger partial charge in [-0.1, -0.05) is 0 Å². The Kier molecular flexibility index (Phi) is 3.94. The molecular formula is C15H13BrN4S2. The van der Waals surface area contributed by atoms with Crippen LogP contribution in [0.2, 0.25) is 0 Å². The zero-order valence-electron chi connectivity index (χ0n) is 11.7. The van der Waals surface area contributed by atoms with Crippen molar-refractivity contribution in [3.63, 3.8) is 0 Å². The molecule has 1 aliphatic rings. The lowest BCUT2D eigenvalue weighted by molar-refractivity contribution is 0.700. The minimum Gasteiger partial charge on any atom is -0.261 e. The van der Waals surface area contributed by atoms with Crippen LogP contribution >= 0.6 is 38.6 Å². The van der Waals surface area contributed by atoms with Gasteiger partial charge in [0.05, 0.1) is 11.6 Å². The SMILES string of the molecule is Brc1csc(/C=N\Nc2ncnc3sc4c(c23)CCCC4)c1. The van der Waals surface area contributed by atoms with Crippen molar-refractivity contribution in [3.05, 3.63) is 37.6 Å². The van der Waals surface area contributed by atoms with Crippen LogP contribution in [-0.2, 0) is 12.8 Å². The number of halogens is 1. The Hall–Kier alpha value is -1.31. The minimum atomic E-state index is 0.816. The second-order valence-electron chi connectivity index (χ2n) is 5.15. The molecule has 1 aliphatic carbocycles. The topological polar surface area (TPSA) is 50.2 Å². The summed E-state index contributed by atoms with van der Waals surface area (Å²) in [6.07, 6.45) is 8.26. The van der Waals surface area contributed by atoms with Crippen molar-refractivity contribution >= 4 is 60.9 Å². The van der Waals surface area contributed by atoms with Crippen LogP contribution in [-0.4, -0.2) is 16.2 Å². The molecule has 0 amide bonds. The van der Waals surface area contributed by atoms with Gasteiger partial charge in [-0.25, -0.2) is 9.97 Å². The maximum atomic E-state index is 4.43. The highest BCUT2D eigenvalue weighted by atomic mass is 79.9. The van der Waals surface area contributed by atoms with Crippen molar-refractivity contribution < 1.29 is 0 Å². The van der Waals surface area contributed by atoms with Gasteiger partial charge in [0.15, 0.2) is 5.82 Å². The Morgan fingerprint density at radius 1 is 1.27 bits per heavy atom. The van der Waals surface area contributed by atoms with E-state index in [1.54, 1.807) is 29.0 Å². The van der Waals surface area contributed by atoms with Gasteiger partial charge in [-0.15, -0.1) is 22.7 Å². The third-order valence-corrected chi connectivity index (χ3v) is 6.53. The largest absolute Gasteiger partial charge is 0.261 e. The summed E-state index contributed by atoms with van der Waals surface area (Å²) in [6, 6.07) is 2.04. The minimum absolute atomic E-state index is 0.816. The number of anilines is 1. The normalized spacial score (nSPS) is 14.6. The molecule has 4 nitrogen and oxygen atoms in total. The van der Waals surface area contributed by atoms with Crippen LogP contribution < -0.4 is 5.43 Å². The van der Waals surface area contributed by atoms with Crippen molar-refractivity contribution in [2.75, 3.05) is 5.43 Å². The fourth-order valence-corrected chi connectivity index (χ4v) is 5.26. The van der Waals surface area contributed by atoms with Crippen LogP contribution in [0.15, 0.2) is 27.3 Å². The Morgan fingerprint density at radius 3 is 3.05 bits per heavy atom. The quantitative estimate of drug-likeness (QED) is 0.512. The first-order valence-electron chi connectivity index (χ1n) is 7.09. The summed E-state index contributed by atoms with van der Waals surface area (Å²) in [5.74, 6) is 0.816. The Bertz CT molecular complexity index is 852. The van der Waals surface area contributed by atoms with Crippen LogP contribution in [0, 0.1) is 0 Å². The van der Waals surface area contributed by atoms with E-state index in [1.807, 2.05) is 17.7 Å². The van der Waals surface area contributed by atoms with E-state index in [0.29, 0.717) is 0 Å². The van der Waals surface area contributed by atoms with Gasteiger partial charge in [-0.3, -0.25) is 5.43 Å². The summed E-state index contributed by atoms with van der Waals surface area (Å²) in [6.45, 7) is 0. The second kappa shape index (κ2) is 6.06. The molecule has 0 unspecified atom stereocenters. The van der Waals surface area contributed by atoms with E-state index >= 15 is 0 Å². The van der Waals surface area contributed by atoms with Crippen molar-refractivity contribution in [2.24, 2.45) is 5.10 Å². The van der Waals surface area contributed by atoms with E-state index in [9.17, 15) is 0 Å². The summed E-state index contributed by atoms with van der Waals surface area (Å²) in [7, 11) is 0. The van der Waals surface area contributed by atoms with Crippen LogP contribution in [0.1, 0.15) is 28.2 Å². The van der Waals surface area contributed by atoms with E-state index in [2.05, 4.69) is 36.4 Å². The molecule has 3 aromatic heterocycles. The molecule has 0 saturated carbocycles. The number of thiophene rings is 2. The molecule has 0 aliphatic heterocycles. The third-order valence-electron chi connectivity index (χ3n) is 3.70. The predicted molar refractivity (Wildman–Crippen MR) is 97.3 cm³/mol. The molecule has 0 bridgehead atoms. The van der Waals surface area contributed by atoms with Crippen molar-refractivity contribution in [3.8, 4) is 0 Å². The number of fused-ring (bicyclic) bond motifs is 3. The first-order valence-corrected chi connectivity index (χ1v) is 9.58. The Morgan fingerprint density at radius 2 is 2.18 bits per heavy atom. The molecular weight excluding hydrogens is 380 g/mol. The van der Waals surface area contributed by atoms with E-state index in [1.165, 1.54) is 29.7 Å². The summed E-state index contributed by atoms with van der Waals surface area (Å²) < 4.78 is 1.08. The van der Waals surface area contributed by atoms with Gasteiger partial charge >= 0.3 is 0 Å². The highest BCUT2D eigenvalue weighted by Gasteiger charge is 2.19. The van der Waals surface area contributed by atoms with Gasteiger partial charge in [-0.05, 0) is 53.2 Å². The van der Waals surface area contributed by atoms with Gasteiger partial charge in [-0.2, -0.15) is 5.10 Å². The zero-order valence-corrected chi connectivity index (χ0v) is 14.9. The molecule has 7 heteroatoms. The zero-order chi connectivity index (χ0) is 14.9. The molecule has 112 valence electrons. The molecule has 0 spiro atoms. The molecule has 3 heterocycles. The maximum Gasteiger partial charge on any atom is 0.158 e.